The quantitative estimate of drug-likeness (QED) is 0.843. The fraction of sp³-hybridized carbons (Fsp3) is 0.438. The Morgan fingerprint density at radius 1 is 1.47 bits per heavy atom. The van der Waals surface area contributed by atoms with Crippen LogP contribution in [0, 0.1) is 6.92 Å². The summed E-state index contributed by atoms with van der Waals surface area (Å²) in [7, 11) is 0. The Bertz CT molecular complexity index is 545. The molecule has 3 rings (SSSR count). The van der Waals surface area contributed by atoms with E-state index in [1.165, 1.54) is 16.7 Å². The van der Waals surface area contributed by atoms with Crippen molar-refractivity contribution in [1.29, 1.82) is 0 Å². The molecular weight excluding hydrogens is 240 g/mol. The molecule has 19 heavy (non-hydrogen) atoms. The predicted octanol–water partition coefficient (Wildman–Crippen LogP) is 3.21. The van der Waals surface area contributed by atoms with E-state index in [4.69, 9.17) is 9.84 Å². The van der Waals surface area contributed by atoms with Crippen LogP contribution in [0.4, 0.5) is 0 Å². The van der Waals surface area contributed by atoms with Gasteiger partial charge in [-0.2, -0.15) is 0 Å². The molecule has 0 fully saturated rings. The largest absolute Gasteiger partial charge is 0.489 e. The van der Waals surface area contributed by atoms with E-state index in [9.17, 15) is 4.79 Å². The molecule has 0 amide bonds. The van der Waals surface area contributed by atoms with E-state index >= 15 is 0 Å². The Morgan fingerprint density at radius 2 is 2.32 bits per heavy atom. The number of hydrogen-bond acceptors (Lipinski definition) is 2. The van der Waals surface area contributed by atoms with Crippen LogP contribution in [0.3, 0.4) is 0 Å². The summed E-state index contributed by atoms with van der Waals surface area (Å²) in [5, 5.41) is 8.73. The van der Waals surface area contributed by atoms with Gasteiger partial charge in [-0.15, -0.1) is 0 Å². The molecule has 3 heteroatoms. The highest BCUT2D eigenvalue weighted by Gasteiger charge is 2.36. The Morgan fingerprint density at radius 3 is 3.11 bits per heavy atom. The lowest BCUT2D eigenvalue weighted by Gasteiger charge is -2.11. The molecule has 2 atom stereocenters. The normalized spacial score (nSPS) is 23.0. The van der Waals surface area contributed by atoms with Crippen molar-refractivity contribution in [2.75, 3.05) is 0 Å². The van der Waals surface area contributed by atoms with Crippen LogP contribution < -0.4 is 4.74 Å². The monoisotopic (exact) mass is 258 g/mol. The number of carbonyl (C=O) groups is 1. The summed E-state index contributed by atoms with van der Waals surface area (Å²) in [5.41, 5.74) is 3.68. The molecule has 1 N–H and O–H groups in total. The lowest BCUT2D eigenvalue weighted by atomic mass is 9.93. The van der Waals surface area contributed by atoms with Crippen molar-refractivity contribution in [1.82, 2.24) is 0 Å². The third-order valence-electron chi connectivity index (χ3n) is 3.92. The molecule has 2 aliphatic rings. The molecule has 0 saturated heterocycles. The first-order valence-corrected chi connectivity index (χ1v) is 6.83. The molecule has 1 heterocycles. The molecule has 100 valence electrons. The van der Waals surface area contributed by atoms with Crippen LogP contribution in [0.2, 0.25) is 0 Å². The van der Waals surface area contributed by atoms with Gasteiger partial charge in [-0.3, -0.25) is 4.79 Å². The smallest absolute Gasteiger partial charge is 0.303 e. The number of carboxylic acid groups (broad SMARTS) is 1. The van der Waals surface area contributed by atoms with Crippen molar-refractivity contribution in [2.45, 2.75) is 44.6 Å². The lowest BCUT2D eigenvalue weighted by Crippen LogP contribution is -2.11. The molecule has 0 saturated carbocycles. The van der Waals surface area contributed by atoms with Gasteiger partial charge in [0.2, 0.25) is 0 Å². The molecule has 3 nitrogen and oxygen atoms in total. The molecule has 1 aromatic rings. The average Bonchev–Trinajstić information content (AvgIpc) is 2.90. The summed E-state index contributed by atoms with van der Waals surface area (Å²) in [4.78, 5) is 10.6. The first-order valence-electron chi connectivity index (χ1n) is 6.83. The minimum atomic E-state index is -0.731. The highest BCUT2D eigenvalue weighted by molar-refractivity contribution is 5.66. The highest BCUT2D eigenvalue weighted by Crippen LogP contribution is 2.46. The summed E-state index contributed by atoms with van der Waals surface area (Å²) < 4.78 is 6.06. The molecule has 0 unspecified atom stereocenters. The van der Waals surface area contributed by atoms with Gasteiger partial charge in [0.1, 0.15) is 11.9 Å². The number of aryl methyl sites for hydroxylation is 2. The zero-order valence-corrected chi connectivity index (χ0v) is 11.1. The molecular formula is C16H18O3. The molecule has 1 aromatic carbocycles. The second-order valence-corrected chi connectivity index (χ2v) is 5.44. The third kappa shape index (κ3) is 2.25. The topological polar surface area (TPSA) is 46.5 Å². The van der Waals surface area contributed by atoms with Gasteiger partial charge < -0.3 is 9.84 Å². The lowest BCUT2D eigenvalue weighted by molar-refractivity contribution is -0.137. The predicted molar refractivity (Wildman–Crippen MR) is 72.7 cm³/mol. The molecule has 1 aliphatic carbocycles. The van der Waals surface area contributed by atoms with Gasteiger partial charge >= 0.3 is 5.97 Å². The molecule has 0 radical (unpaired) electrons. The van der Waals surface area contributed by atoms with E-state index in [-0.39, 0.29) is 12.5 Å². The number of hydrogen-bond donors (Lipinski definition) is 1. The molecule has 0 spiro atoms. The molecule has 0 aromatic heterocycles. The fourth-order valence-corrected chi connectivity index (χ4v) is 3.09. The maximum Gasteiger partial charge on any atom is 0.303 e. The SMILES string of the molecule is Cc1cc(CCCC(=O)O)c2c(c1)[C@H]1C=CC[C@H]1O2. The Hall–Kier alpha value is -1.77. The fourth-order valence-electron chi connectivity index (χ4n) is 3.09. The van der Waals surface area contributed by atoms with Crippen molar-refractivity contribution < 1.29 is 14.6 Å². The third-order valence-corrected chi connectivity index (χ3v) is 3.92. The van der Waals surface area contributed by atoms with Gasteiger partial charge in [0.05, 0.1) is 0 Å². The van der Waals surface area contributed by atoms with Crippen LogP contribution in [-0.4, -0.2) is 17.2 Å². The Kier molecular flexibility index (Phi) is 3.05. The van der Waals surface area contributed by atoms with Gasteiger partial charge in [0.15, 0.2) is 0 Å². The maximum atomic E-state index is 10.6. The van der Waals surface area contributed by atoms with E-state index in [2.05, 4.69) is 31.2 Å². The number of aliphatic carboxylic acids is 1. The second kappa shape index (κ2) is 4.72. The van der Waals surface area contributed by atoms with Crippen molar-refractivity contribution in [3.63, 3.8) is 0 Å². The highest BCUT2D eigenvalue weighted by atomic mass is 16.5. The van der Waals surface area contributed by atoms with Crippen LogP contribution in [0.25, 0.3) is 0 Å². The summed E-state index contributed by atoms with van der Waals surface area (Å²) in [5.74, 6) is 0.675. The number of benzene rings is 1. The van der Waals surface area contributed by atoms with Gasteiger partial charge in [-0.25, -0.2) is 0 Å². The van der Waals surface area contributed by atoms with Gasteiger partial charge in [0.25, 0.3) is 0 Å². The first-order chi connectivity index (χ1) is 9.15. The van der Waals surface area contributed by atoms with Crippen molar-refractivity contribution in [2.24, 2.45) is 0 Å². The number of rotatable bonds is 4. The van der Waals surface area contributed by atoms with Gasteiger partial charge in [-0.1, -0.05) is 29.8 Å². The average molecular weight is 258 g/mol. The number of carboxylic acids is 1. The summed E-state index contributed by atoms with van der Waals surface area (Å²) in [6.07, 6.45) is 7.32. The molecule has 0 bridgehead atoms. The minimum absolute atomic E-state index is 0.218. The summed E-state index contributed by atoms with van der Waals surface area (Å²) in [6, 6.07) is 4.34. The van der Waals surface area contributed by atoms with Gasteiger partial charge in [0, 0.05) is 24.3 Å². The standard InChI is InChI=1S/C16H18O3/c1-10-8-11(4-2-7-15(17)18)16-13(9-10)12-5-3-6-14(12)19-16/h3,5,8-9,12,14H,2,4,6-7H2,1H3,(H,17,18)/t12-,14-/m1/s1. The zero-order chi connectivity index (χ0) is 13.4. The zero-order valence-electron chi connectivity index (χ0n) is 11.1. The first kappa shape index (κ1) is 12.3. The van der Waals surface area contributed by atoms with E-state index in [1.807, 2.05) is 0 Å². The van der Waals surface area contributed by atoms with E-state index in [0.717, 1.165) is 18.6 Å². The summed E-state index contributed by atoms with van der Waals surface area (Å²) >= 11 is 0. The van der Waals surface area contributed by atoms with Crippen LogP contribution in [0.15, 0.2) is 24.3 Å². The minimum Gasteiger partial charge on any atom is -0.489 e. The van der Waals surface area contributed by atoms with Crippen LogP contribution >= 0.6 is 0 Å². The second-order valence-electron chi connectivity index (χ2n) is 5.44. The van der Waals surface area contributed by atoms with E-state index in [1.54, 1.807) is 0 Å². The van der Waals surface area contributed by atoms with Crippen molar-refractivity contribution in [3.05, 3.63) is 41.0 Å². The maximum absolute atomic E-state index is 10.6. The molecule has 1 aliphatic heterocycles. The summed E-state index contributed by atoms with van der Waals surface area (Å²) in [6.45, 7) is 2.09. The van der Waals surface area contributed by atoms with Crippen LogP contribution in [0.1, 0.15) is 41.9 Å². The van der Waals surface area contributed by atoms with Crippen LogP contribution in [0.5, 0.6) is 5.75 Å². The van der Waals surface area contributed by atoms with Crippen molar-refractivity contribution >= 4 is 5.97 Å². The Balaban J connectivity index is 1.85. The number of fused-ring (bicyclic) bond motifs is 3. The van der Waals surface area contributed by atoms with Crippen molar-refractivity contribution in [3.8, 4) is 5.75 Å². The van der Waals surface area contributed by atoms with Gasteiger partial charge in [-0.05, 0) is 25.3 Å². The number of ether oxygens (including phenoxy) is 1. The van der Waals surface area contributed by atoms with Crippen LogP contribution in [-0.2, 0) is 11.2 Å². The Labute approximate surface area is 112 Å². The van der Waals surface area contributed by atoms with E-state index < -0.39 is 5.97 Å². The van der Waals surface area contributed by atoms with E-state index in [0.29, 0.717) is 12.3 Å².